The van der Waals surface area contributed by atoms with Gasteiger partial charge in [0.15, 0.2) is 0 Å². The number of sulfonamides is 1. The topological polar surface area (TPSA) is 76.7 Å². The van der Waals surface area contributed by atoms with Crippen LogP contribution in [0, 0.1) is 0 Å². The summed E-state index contributed by atoms with van der Waals surface area (Å²) in [6, 6.07) is 8.32. The van der Waals surface area contributed by atoms with E-state index in [1.165, 1.54) is 5.56 Å². The summed E-state index contributed by atoms with van der Waals surface area (Å²) in [6.07, 6.45) is 5.30. The quantitative estimate of drug-likeness (QED) is 0.637. The SMILES string of the molecule is CCOc1ccccc1[C@H]1CC[C@@H](OC[C@@H]2NCC[C@@H]2NS(=O)(=O)C(C)C)CC1. The molecule has 1 aliphatic heterocycles. The van der Waals surface area contributed by atoms with Gasteiger partial charge in [-0.2, -0.15) is 0 Å². The number of hydrogen-bond donors (Lipinski definition) is 2. The lowest BCUT2D eigenvalue weighted by atomic mass is 9.82. The van der Waals surface area contributed by atoms with Crippen molar-refractivity contribution in [3.63, 3.8) is 0 Å². The minimum Gasteiger partial charge on any atom is -0.494 e. The molecule has 1 aromatic rings. The highest BCUT2D eigenvalue weighted by atomic mass is 32.2. The third kappa shape index (κ3) is 5.94. The third-order valence-electron chi connectivity index (χ3n) is 6.13. The molecule has 1 heterocycles. The van der Waals surface area contributed by atoms with E-state index >= 15 is 0 Å². The van der Waals surface area contributed by atoms with Crippen LogP contribution in [0.25, 0.3) is 0 Å². The lowest BCUT2D eigenvalue weighted by Crippen LogP contribution is -2.48. The van der Waals surface area contributed by atoms with Crippen LogP contribution in [-0.2, 0) is 14.8 Å². The summed E-state index contributed by atoms with van der Waals surface area (Å²) in [5.41, 5.74) is 1.31. The van der Waals surface area contributed by atoms with Gasteiger partial charge in [0.2, 0.25) is 10.0 Å². The van der Waals surface area contributed by atoms with Crippen LogP contribution >= 0.6 is 0 Å². The molecular weight excluding hydrogens is 388 g/mol. The number of nitrogens with one attached hydrogen (secondary N) is 2. The first-order valence-corrected chi connectivity index (χ1v) is 12.5. The highest BCUT2D eigenvalue weighted by molar-refractivity contribution is 7.90. The zero-order valence-electron chi connectivity index (χ0n) is 17.9. The van der Waals surface area contributed by atoms with Crippen LogP contribution in [-0.4, -0.2) is 51.6 Å². The van der Waals surface area contributed by atoms with E-state index in [2.05, 4.69) is 28.2 Å². The summed E-state index contributed by atoms with van der Waals surface area (Å²) in [7, 11) is -3.26. The van der Waals surface area contributed by atoms with Crippen molar-refractivity contribution in [2.45, 2.75) is 82.2 Å². The van der Waals surface area contributed by atoms with Crippen LogP contribution in [0.3, 0.4) is 0 Å². The van der Waals surface area contributed by atoms with Crippen molar-refractivity contribution in [2.75, 3.05) is 19.8 Å². The molecule has 2 atom stereocenters. The molecule has 1 saturated carbocycles. The first-order valence-electron chi connectivity index (χ1n) is 11.0. The van der Waals surface area contributed by atoms with Gasteiger partial charge in [-0.15, -0.1) is 0 Å². The van der Waals surface area contributed by atoms with E-state index in [-0.39, 0.29) is 18.2 Å². The minimum atomic E-state index is -3.26. The van der Waals surface area contributed by atoms with Crippen molar-refractivity contribution in [3.05, 3.63) is 29.8 Å². The number of ether oxygens (including phenoxy) is 2. The Labute approximate surface area is 175 Å². The molecule has 1 saturated heterocycles. The van der Waals surface area contributed by atoms with Crippen LogP contribution in [0.2, 0.25) is 0 Å². The molecule has 164 valence electrons. The van der Waals surface area contributed by atoms with E-state index in [0.29, 0.717) is 19.1 Å². The zero-order valence-corrected chi connectivity index (χ0v) is 18.7. The summed E-state index contributed by atoms with van der Waals surface area (Å²) in [5.74, 6) is 1.53. The first kappa shape index (κ1) is 22.5. The largest absolute Gasteiger partial charge is 0.494 e. The summed E-state index contributed by atoms with van der Waals surface area (Å²) < 4.78 is 39.3. The average Bonchev–Trinajstić information content (AvgIpc) is 3.14. The molecule has 0 bridgehead atoms. The predicted octanol–water partition coefficient (Wildman–Crippen LogP) is 3.19. The Kier molecular flexibility index (Phi) is 7.96. The van der Waals surface area contributed by atoms with E-state index in [9.17, 15) is 8.42 Å². The molecule has 1 aromatic carbocycles. The molecule has 0 amide bonds. The molecule has 1 aliphatic carbocycles. The van der Waals surface area contributed by atoms with Gasteiger partial charge in [-0.3, -0.25) is 0 Å². The van der Waals surface area contributed by atoms with E-state index in [1.54, 1.807) is 13.8 Å². The Morgan fingerprint density at radius 3 is 2.55 bits per heavy atom. The second kappa shape index (κ2) is 10.2. The van der Waals surface area contributed by atoms with Gasteiger partial charge in [-0.05, 0) is 77.0 Å². The molecule has 6 nitrogen and oxygen atoms in total. The van der Waals surface area contributed by atoms with Crippen LogP contribution in [0.4, 0.5) is 0 Å². The second-order valence-corrected chi connectivity index (χ2v) is 10.7. The van der Waals surface area contributed by atoms with Crippen LogP contribution < -0.4 is 14.8 Å². The molecule has 7 heteroatoms. The molecule has 0 spiro atoms. The summed E-state index contributed by atoms with van der Waals surface area (Å²) in [5, 5.41) is 2.98. The fourth-order valence-electron chi connectivity index (χ4n) is 4.32. The van der Waals surface area contributed by atoms with Gasteiger partial charge in [-0.25, -0.2) is 13.1 Å². The molecule has 2 N–H and O–H groups in total. The maximum absolute atomic E-state index is 12.2. The van der Waals surface area contributed by atoms with Crippen molar-refractivity contribution in [2.24, 2.45) is 0 Å². The van der Waals surface area contributed by atoms with Crippen molar-refractivity contribution in [3.8, 4) is 5.75 Å². The summed E-state index contributed by atoms with van der Waals surface area (Å²) in [4.78, 5) is 0. The maximum atomic E-state index is 12.2. The minimum absolute atomic E-state index is 0.0416. The van der Waals surface area contributed by atoms with Gasteiger partial charge in [0.25, 0.3) is 0 Å². The number of para-hydroxylation sites is 1. The smallest absolute Gasteiger partial charge is 0.214 e. The van der Waals surface area contributed by atoms with Gasteiger partial charge < -0.3 is 14.8 Å². The Morgan fingerprint density at radius 1 is 1.14 bits per heavy atom. The van der Waals surface area contributed by atoms with Crippen LogP contribution in [0.5, 0.6) is 5.75 Å². The number of rotatable bonds is 9. The normalized spacial score (nSPS) is 28.0. The molecule has 0 aromatic heterocycles. The molecule has 0 unspecified atom stereocenters. The fourth-order valence-corrected chi connectivity index (χ4v) is 5.29. The molecule has 29 heavy (non-hydrogen) atoms. The lowest BCUT2D eigenvalue weighted by molar-refractivity contribution is 0.0125. The van der Waals surface area contributed by atoms with Gasteiger partial charge in [0, 0.05) is 12.1 Å². The molecule has 0 radical (unpaired) electrons. The van der Waals surface area contributed by atoms with Crippen molar-refractivity contribution in [1.29, 1.82) is 0 Å². The highest BCUT2D eigenvalue weighted by Gasteiger charge is 2.33. The Bertz CT molecular complexity index is 745. The van der Waals surface area contributed by atoms with Crippen molar-refractivity contribution in [1.82, 2.24) is 10.0 Å². The van der Waals surface area contributed by atoms with E-state index < -0.39 is 15.3 Å². The Morgan fingerprint density at radius 2 is 1.86 bits per heavy atom. The Balaban J connectivity index is 1.48. The average molecular weight is 425 g/mol. The van der Waals surface area contributed by atoms with E-state index in [0.717, 1.165) is 44.4 Å². The van der Waals surface area contributed by atoms with Gasteiger partial charge in [0.05, 0.1) is 24.6 Å². The van der Waals surface area contributed by atoms with E-state index in [1.807, 2.05) is 13.0 Å². The molecular formula is C22H36N2O4S. The summed E-state index contributed by atoms with van der Waals surface area (Å²) >= 11 is 0. The Hall–Kier alpha value is -1.15. The molecule has 3 rings (SSSR count). The fraction of sp³-hybridized carbons (Fsp3) is 0.727. The molecule has 2 fully saturated rings. The lowest BCUT2D eigenvalue weighted by Gasteiger charge is -2.31. The predicted molar refractivity (Wildman–Crippen MR) is 116 cm³/mol. The zero-order chi connectivity index (χ0) is 20.9. The van der Waals surface area contributed by atoms with Gasteiger partial charge in [0.1, 0.15) is 5.75 Å². The number of hydrogen-bond acceptors (Lipinski definition) is 5. The number of benzene rings is 1. The maximum Gasteiger partial charge on any atom is 0.214 e. The van der Waals surface area contributed by atoms with Crippen molar-refractivity contribution >= 4 is 10.0 Å². The highest BCUT2D eigenvalue weighted by Crippen LogP contribution is 2.38. The summed E-state index contributed by atoms with van der Waals surface area (Å²) in [6.45, 7) is 7.49. The molecule has 2 aliphatic rings. The van der Waals surface area contributed by atoms with Gasteiger partial charge in [-0.1, -0.05) is 18.2 Å². The first-order chi connectivity index (χ1) is 13.9. The second-order valence-electron chi connectivity index (χ2n) is 8.45. The monoisotopic (exact) mass is 424 g/mol. The van der Waals surface area contributed by atoms with Crippen LogP contribution in [0.15, 0.2) is 24.3 Å². The third-order valence-corrected chi connectivity index (χ3v) is 8.00. The van der Waals surface area contributed by atoms with E-state index in [4.69, 9.17) is 9.47 Å². The van der Waals surface area contributed by atoms with Crippen LogP contribution in [0.1, 0.15) is 64.4 Å². The van der Waals surface area contributed by atoms with Crippen molar-refractivity contribution < 1.29 is 17.9 Å². The standard InChI is InChI=1S/C22H36N2O4S/c1-4-27-22-8-6-5-7-19(22)17-9-11-18(12-10-17)28-15-21-20(13-14-23-21)24-29(25,26)16(2)3/h5-8,16-18,20-21,23-24H,4,9-15H2,1-3H3/t17-,18+,20-,21-/m0/s1. The van der Waals surface area contributed by atoms with Gasteiger partial charge >= 0.3 is 0 Å².